The molecule has 6 rings (SSSR count). The standard InChI is InChI=1S/C34H40ClFN6O7S/c1-5-49-31-24(7-6-12-37-31)34(38-33(44)41-13-10-22(11-14-41)40-17-15-39(2)16-18-40)25-20-26(35)27(36)21-28(25)42(32(34)43)50(45,46)30-9-8-23(47-3)19-29(30)48-4/h6-9,12,19-22H,5,10-11,13-18H2,1-4H3,(H,38,44). The van der Waals surface area contributed by atoms with Gasteiger partial charge in [0.15, 0.2) is 5.54 Å². The van der Waals surface area contributed by atoms with Gasteiger partial charge in [-0.2, -0.15) is 4.31 Å². The van der Waals surface area contributed by atoms with Gasteiger partial charge in [0.2, 0.25) is 5.88 Å². The minimum atomic E-state index is -4.83. The summed E-state index contributed by atoms with van der Waals surface area (Å²) in [4.78, 5) is 39.7. The molecule has 3 aromatic rings. The number of sulfonamides is 1. The van der Waals surface area contributed by atoms with Crippen LogP contribution in [0.4, 0.5) is 14.9 Å². The number of rotatable bonds is 9. The summed E-state index contributed by atoms with van der Waals surface area (Å²) in [6.45, 7) is 6.52. The third-order valence-corrected chi connectivity index (χ3v) is 11.6. The van der Waals surface area contributed by atoms with E-state index in [-0.39, 0.29) is 45.0 Å². The van der Waals surface area contributed by atoms with E-state index in [0.717, 1.165) is 51.2 Å². The summed E-state index contributed by atoms with van der Waals surface area (Å²) in [5.74, 6) is -1.91. The average molecular weight is 731 g/mol. The highest BCUT2D eigenvalue weighted by atomic mass is 35.5. The van der Waals surface area contributed by atoms with Crippen LogP contribution >= 0.6 is 11.6 Å². The van der Waals surface area contributed by atoms with E-state index in [9.17, 15) is 13.2 Å². The Morgan fingerprint density at radius 1 is 1.04 bits per heavy atom. The van der Waals surface area contributed by atoms with Crippen LogP contribution in [0.5, 0.6) is 17.4 Å². The van der Waals surface area contributed by atoms with Crippen molar-refractivity contribution < 1.29 is 36.6 Å². The third-order valence-electron chi connectivity index (χ3n) is 9.61. The first-order valence-corrected chi connectivity index (χ1v) is 18.2. The van der Waals surface area contributed by atoms with Gasteiger partial charge in [-0.05, 0) is 57.1 Å². The smallest absolute Gasteiger partial charge is 0.318 e. The zero-order valence-corrected chi connectivity index (χ0v) is 29.9. The largest absolute Gasteiger partial charge is 0.497 e. The number of nitrogens with one attached hydrogen (secondary N) is 1. The number of nitrogens with zero attached hydrogens (tertiary/aromatic N) is 5. The summed E-state index contributed by atoms with van der Waals surface area (Å²) >= 11 is 6.33. The lowest BCUT2D eigenvalue weighted by molar-refractivity contribution is -0.121. The summed E-state index contributed by atoms with van der Waals surface area (Å²) in [7, 11) is -0.0479. The van der Waals surface area contributed by atoms with Crippen LogP contribution in [0.1, 0.15) is 30.9 Å². The van der Waals surface area contributed by atoms with Crippen molar-refractivity contribution in [2.75, 3.05) is 71.4 Å². The van der Waals surface area contributed by atoms with Gasteiger partial charge in [0, 0.05) is 69.2 Å². The first kappa shape index (κ1) is 35.6. The first-order chi connectivity index (χ1) is 24.0. The number of likely N-dealkylation sites (tertiary alicyclic amines) is 1. The third kappa shape index (κ3) is 6.20. The number of piperidine rings is 1. The van der Waals surface area contributed by atoms with Crippen molar-refractivity contribution in [3.05, 3.63) is 70.6 Å². The number of halogens is 2. The van der Waals surface area contributed by atoms with Gasteiger partial charge in [-0.3, -0.25) is 9.69 Å². The predicted octanol–water partition coefficient (Wildman–Crippen LogP) is 3.69. The highest BCUT2D eigenvalue weighted by molar-refractivity contribution is 7.93. The number of carbonyl (C=O) groups is 2. The number of hydrogen-bond donors (Lipinski definition) is 1. The molecule has 16 heteroatoms. The Kier molecular flexibility index (Phi) is 10.1. The predicted molar refractivity (Wildman–Crippen MR) is 184 cm³/mol. The fourth-order valence-corrected chi connectivity index (χ4v) is 8.71. The molecule has 2 aromatic carbocycles. The summed E-state index contributed by atoms with van der Waals surface area (Å²) < 4.78 is 61.3. The molecule has 3 amide bonds. The lowest BCUT2D eigenvalue weighted by Gasteiger charge is -2.42. The summed E-state index contributed by atoms with van der Waals surface area (Å²) in [5.41, 5.74) is -2.60. The maximum Gasteiger partial charge on any atom is 0.318 e. The lowest BCUT2D eigenvalue weighted by Crippen LogP contribution is -2.59. The van der Waals surface area contributed by atoms with Gasteiger partial charge in [0.25, 0.3) is 15.9 Å². The molecule has 1 aromatic heterocycles. The van der Waals surface area contributed by atoms with Gasteiger partial charge in [-0.15, -0.1) is 0 Å². The molecule has 0 aliphatic carbocycles. The minimum absolute atomic E-state index is 0.0231. The molecule has 50 heavy (non-hydrogen) atoms. The maximum absolute atomic E-state index is 15.3. The molecule has 3 aliphatic rings. The van der Waals surface area contributed by atoms with Gasteiger partial charge in [-0.1, -0.05) is 11.6 Å². The van der Waals surface area contributed by atoms with Crippen molar-refractivity contribution >= 4 is 39.2 Å². The number of ether oxygens (including phenoxy) is 3. The zero-order valence-electron chi connectivity index (χ0n) is 28.3. The summed E-state index contributed by atoms with van der Waals surface area (Å²) in [6, 6.07) is 8.75. The molecule has 4 heterocycles. The molecule has 0 radical (unpaired) electrons. The van der Waals surface area contributed by atoms with Gasteiger partial charge >= 0.3 is 6.03 Å². The average Bonchev–Trinajstić information content (AvgIpc) is 3.35. The number of urea groups is 1. The second kappa shape index (κ2) is 14.2. The molecule has 1 unspecified atom stereocenters. The quantitative estimate of drug-likeness (QED) is 0.348. The van der Waals surface area contributed by atoms with E-state index in [1.807, 2.05) is 0 Å². The topological polar surface area (TPSA) is 134 Å². The number of pyridine rings is 1. The van der Waals surface area contributed by atoms with Crippen molar-refractivity contribution in [1.29, 1.82) is 0 Å². The summed E-state index contributed by atoms with van der Waals surface area (Å²) in [6.07, 6.45) is 2.89. The number of amides is 3. The molecule has 0 spiro atoms. The Labute approximate surface area is 295 Å². The van der Waals surface area contributed by atoms with Crippen molar-refractivity contribution in [3.8, 4) is 17.4 Å². The summed E-state index contributed by atoms with van der Waals surface area (Å²) in [5, 5.41) is 2.51. The van der Waals surface area contributed by atoms with Crippen molar-refractivity contribution in [1.82, 2.24) is 25.0 Å². The molecule has 268 valence electrons. The Hall–Kier alpha value is -4.18. The molecule has 1 atom stereocenters. The van der Waals surface area contributed by atoms with E-state index in [4.69, 9.17) is 25.8 Å². The SMILES string of the molecule is CCOc1ncccc1C1(NC(=O)N2CCC(N3CCN(C)CC3)CC2)C(=O)N(S(=O)(=O)c2ccc(OC)cc2OC)c2cc(F)c(Cl)cc21. The Bertz CT molecular complexity index is 1890. The van der Waals surface area contributed by atoms with Crippen LogP contribution < -0.4 is 23.8 Å². The number of methoxy groups -OCH3 is 2. The number of fused-ring (bicyclic) bond motifs is 1. The molecule has 3 aliphatic heterocycles. The second-order valence-corrected chi connectivity index (χ2v) is 14.6. The molecule has 13 nitrogen and oxygen atoms in total. The minimum Gasteiger partial charge on any atom is -0.497 e. The van der Waals surface area contributed by atoms with Crippen molar-refractivity contribution in [2.45, 2.75) is 36.2 Å². The maximum atomic E-state index is 15.3. The van der Waals surface area contributed by atoms with Crippen molar-refractivity contribution in [3.63, 3.8) is 0 Å². The molecular formula is C34H40ClFN6O7S. The van der Waals surface area contributed by atoms with E-state index in [1.54, 1.807) is 11.8 Å². The van der Waals surface area contributed by atoms with E-state index >= 15 is 9.18 Å². The molecule has 0 bridgehead atoms. The van der Waals surface area contributed by atoms with Crippen LogP contribution in [-0.4, -0.2) is 113 Å². The van der Waals surface area contributed by atoms with Crippen LogP contribution in [0.15, 0.2) is 53.6 Å². The molecular weight excluding hydrogens is 691 g/mol. The fraction of sp³-hybridized carbons (Fsp3) is 0.441. The number of piperazine rings is 1. The first-order valence-electron chi connectivity index (χ1n) is 16.4. The second-order valence-electron chi connectivity index (χ2n) is 12.4. The Morgan fingerprint density at radius 2 is 1.76 bits per heavy atom. The van der Waals surface area contributed by atoms with Gasteiger partial charge in [-0.25, -0.2) is 22.6 Å². The Morgan fingerprint density at radius 3 is 2.42 bits per heavy atom. The Balaban J connectivity index is 1.45. The number of benzene rings is 2. The number of hydrogen-bond acceptors (Lipinski definition) is 10. The van der Waals surface area contributed by atoms with Crippen LogP contribution in [0.25, 0.3) is 0 Å². The normalized spacial score (nSPS) is 20.5. The highest BCUT2D eigenvalue weighted by Gasteiger charge is 2.59. The molecule has 2 saturated heterocycles. The molecule has 1 N–H and O–H groups in total. The van der Waals surface area contributed by atoms with E-state index in [0.29, 0.717) is 29.2 Å². The zero-order chi connectivity index (χ0) is 35.8. The van der Waals surface area contributed by atoms with Gasteiger partial charge in [0.05, 0.1) is 37.1 Å². The lowest BCUT2D eigenvalue weighted by atomic mass is 9.84. The highest BCUT2D eigenvalue weighted by Crippen LogP contribution is 2.51. The van der Waals surface area contributed by atoms with Crippen molar-refractivity contribution in [2.24, 2.45) is 0 Å². The number of carbonyl (C=O) groups excluding carboxylic acids is 2. The fourth-order valence-electron chi connectivity index (χ4n) is 6.94. The number of aromatic nitrogens is 1. The monoisotopic (exact) mass is 730 g/mol. The van der Waals surface area contributed by atoms with Gasteiger partial charge in [0.1, 0.15) is 22.2 Å². The number of anilines is 1. The van der Waals surface area contributed by atoms with Crippen LogP contribution in [0.3, 0.4) is 0 Å². The van der Waals surface area contributed by atoms with Crippen LogP contribution in [0, 0.1) is 5.82 Å². The van der Waals surface area contributed by atoms with E-state index in [2.05, 4.69) is 27.1 Å². The number of likely N-dealkylation sites (N-methyl/N-ethyl adjacent to an activating group) is 1. The van der Waals surface area contributed by atoms with E-state index in [1.165, 1.54) is 50.7 Å². The van der Waals surface area contributed by atoms with E-state index < -0.39 is 33.3 Å². The van der Waals surface area contributed by atoms with Crippen LogP contribution in [0.2, 0.25) is 5.02 Å². The van der Waals surface area contributed by atoms with Crippen LogP contribution in [-0.2, 0) is 20.4 Å². The molecule has 2 fully saturated rings. The van der Waals surface area contributed by atoms with Gasteiger partial charge < -0.3 is 29.3 Å². The molecule has 0 saturated carbocycles.